The van der Waals surface area contributed by atoms with Crippen LogP contribution >= 0.6 is 12.4 Å². The van der Waals surface area contributed by atoms with Gasteiger partial charge < -0.3 is 24.3 Å². The number of carbonyl (C=O) groups is 1. The van der Waals surface area contributed by atoms with Gasteiger partial charge in [0.1, 0.15) is 23.1 Å². The number of piperidine rings is 2. The number of halogens is 2. The maximum absolute atomic E-state index is 15.1. The molecule has 1 aliphatic carbocycles. The Balaban J connectivity index is 0.00000267. The summed E-state index contributed by atoms with van der Waals surface area (Å²) in [5.41, 5.74) is 1.47. The summed E-state index contributed by atoms with van der Waals surface area (Å²) in [5, 5.41) is 3.59. The predicted molar refractivity (Wildman–Crippen MR) is 137 cm³/mol. The Morgan fingerprint density at radius 2 is 2.00 bits per heavy atom. The third-order valence-electron chi connectivity index (χ3n) is 8.27. The van der Waals surface area contributed by atoms with Gasteiger partial charge >= 0.3 is 6.09 Å². The monoisotopic (exact) mass is 518 g/mol. The molecular weight excluding hydrogens is 483 g/mol. The first-order valence-electron chi connectivity index (χ1n) is 13.0. The van der Waals surface area contributed by atoms with E-state index in [0.717, 1.165) is 43.7 Å². The molecule has 1 unspecified atom stereocenters. The van der Waals surface area contributed by atoms with Crippen LogP contribution in [0.1, 0.15) is 69.8 Å². The Kier molecular flexibility index (Phi) is 6.48. The number of hydrogen-bond donors (Lipinski definition) is 1. The summed E-state index contributed by atoms with van der Waals surface area (Å²) in [6, 6.07) is 5.00. The number of imidazole rings is 1. The minimum absolute atomic E-state index is 0. The molecule has 4 heterocycles. The third-order valence-corrected chi connectivity index (χ3v) is 8.27. The van der Waals surface area contributed by atoms with E-state index in [-0.39, 0.29) is 35.8 Å². The molecule has 6 rings (SSSR count). The second-order valence-electron chi connectivity index (χ2n) is 11.4. The van der Waals surface area contributed by atoms with E-state index in [1.54, 1.807) is 11.0 Å². The van der Waals surface area contributed by atoms with Gasteiger partial charge in [-0.1, -0.05) is 6.07 Å². The lowest BCUT2D eigenvalue weighted by molar-refractivity contribution is -0.0114. The number of fused-ring (bicyclic) bond motifs is 4. The molecule has 3 aliphatic heterocycles. The molecule has 1 spiro atoms. The molecular formula is C27H36ClFN4O3. The van der Waals surface area contributed by atoms with Crippen LogP contribution in [0.4, 0.5) is 9.18 Å². The number of rotatable bonds is 3. The topological polar surface area (TPSA) is 68.6 Å². The Bertz CT molecular complexity index is 1150. The van der Waals surface area contributed by atoms with Crippen LogP contribution in [0.5, 0.6) is 5.75 Å². The van der Waals surface area contributed by atoms with Crippen LogP contribution < -0.4 is 10.1 Å². The number of benzene rings is 1. The van der Waals surface area contributed by atoms with Gasteiger partial charge in [0.15, 0.2) is 5.60 Å². The van der Waals surface area contributed by atoms with Gasteiger partial charge in [-0.25, -0.2) is 14.2 Å². The largest absolute Gasteiger partial charge is 0.480 e. The molecule has 2 saturated heterocycles. The fourth-order valence-corrected chi connectivity index (χ4v) is 6.20. The molecule has 1 aromatic heterocycles. The average molecular weight is 519 g/mol. The highest BCUT2D eigenvalue weighted by Gasteiger charge is 2.49. The minimum atomic E-state index is -0.647. The Hall–Kier alpha value is -2.32. The summed E-state index contributed by atoms with van der Waals surface area (Å²) < 4.78 is 29.4. The predicted octanol–water partition coefficient (Wildman–Crippen LogP) is 5.12. The van der Waals surface area contributed by atoms with E-state index in [9.17, 15) is 4.79 Å². The number of nitrogens with zero attached hydrogens (tertiary/aromatic N) is 3. The number of likely N-dealkylation sites (tertiary alicyclic amines) is 1. The molecule has 3 fully saturated rings. The number of amides is 1. The van der Waals surface area contributed by atoms with E-state index < -0.39 is 5.60 Å². The Labute approximate surface area is 218 Å². The van der Waals surface area contributed by atoms with Crippen LogP contribution in [-0.4, -0.2) is 52.3 Å². The molecule has 36 heavy (non-hydrogen) atoms. The molecule has 7 nitrogen and oxygen atoms in total. The van der Waals surface area contributed by atoms with Crippen molar-refractivity contribution in [3.8, 4) is 17.0 Å². The van der Waals surface area contributed by atoms with Crippen molar-refractivity contribution in [2.45, 2.75) is 69.4 Å². The second kappa shape index (κ2) is 9.21. The molecule has 1 aromatic carbocycles. The van der Waals surface area contributed by atoms with Crippen molar-refractivity contribution in [1.82, 2.24) is 19.8 Å². The van der Waals surface area contributed by atoms with Gasteiger partial charge in [-0.3, -0.25) is 0 Å². The summed E-state index contributed by atoms with van der Waals surface area (Å²) in [6.45, 7) is 6.97. The number of aromatic nitrogens is 2. The molecule has 2 aromatic rings. The zero-order valence-corrected chi connectivity index (χ0v) is 22.1. The zero-order chi connectivity index (χ0) is 24.4. The summed E-state index contributed by atoms with van der Waals surface area (Å²) >= 11 is 0. The number of nitrogens with one attached hydrogen (secondary N) is 1. The average Bonchev–Trinajstić information content (AvgIpc) is 3.58. The summed E-state index contributed by atoms with van der Waals surface area (Å²) in [7, 11) is 2.05. The smallest absolute Gasteiger partial charge is 0.409 e. The van der Waals surface area contributed by atoms with Crippen molar-refractivity contribution in [3.05, 3.63) is 35.5 Å². The van der Waals surface area contributed by atoms with E-state index >= 15 is 4.39 Å². The fourth-order valence-electron chi connectivity index (χ4n) is 6.20. The van der Waals surface area contributed by atoms with Crippen LogP contribution in [0.3, 0.4) is 0 Å². The van der Waals surface area contributed by atoms with Gasteiger partial charge in [0.25, 0.3) is 0 Å². The van der Waals surface area contributed by atoms with Gasteiger partial charge in [-0.05, 0) is 64.1 Å². The van der Waals surface area contributed by atoms with Gasteiger partial charge in [0, 0.05) is 44.4 Å². The molecule has 1 atom stereocenters. The van der Waals surface area contributed by atoms with Gasteiger partial charge in [0.05, 0.1) is 17.9 Å². The van der Waals surface area contributed by atoms with Gasteiger partial charge in [0.2, 0.25) is 0 Å². The normalized spacial score (nSPS) is 23.8. The van der Waals surface area contributed by atoms with Crippen molar-refractivity contribution < 1.29 is 18.7 Å². The minimum Gasteiger partial charge on any atom is -0.480 e. The van der Waals surface area contributed by atoms with Crippen LogP contribution in [-0.2, 0) is 17.4 Å². The van der Waals surface area contributed by atoms with Crippen molar-refractivity contribution >= 4 is 18.5 Å². The first-order chi connectivity index (χ1) is 16.8. The summed E-state index contributed by atoms with van der Waals surface area (Å²) in [4.78, 5) is 19.5. The van der Waals surface area contributed by atoms with Crippen molar-refractivity contribution in [2.75, 3.05) is 26.2 Å². The lowest BCUT2D eigenvalue weighted by Crippen LogP contribution is -2.50. The molecule has 1 N–H and O–H groups in total. The molecule has 9 heteroatoms. The zero-order valence-electron chi connectivity index (χ0n) is 21.3. The summed E-state index contributed by atoms with van der Waals surface area (Å²) in [6.07, 6.45) is 5.26. The molecule has 196 valence electrons. The van der Waals surface area contributed by atoms with Crippen molar-refractivity contribution in [2.24, 2.45) is 13.0 Å². The first-order valence-corrected chi connectivity index (χ1v) is 13.0. The highest BCUT2D eigenvalue weighted by Crippen LogP contribution is 2.51. The van der Waals surface area contributed by atoms with E-state index in [2.05, 4.69) is 23.7 Å². The Morgan fingerprint density at radius 3 is 2.69 bits per heavy atom. The standard InChI is InChI=1S/C27H35FN4O3.ClH/c1-26(2)15-18(9-12-29-26)24-30-22-21-19(28)5-4-6-20(21)35-27(23(22)31(24)3)10-13-32(14-11-27)25(33)34-16-17-7-8-17;/h4-6,17-18,29H,7-16H2,1-3H3;1H. The van der Waals surface area contributed by atoms with Crippen LogP contribution in [0, 0.1) is 11.7 Å². The SMILES string of the molecule is Cl.Cn1c(C2CCNC(C)(C)C2)nc2c1C1(CCN(C(=O)OCC3CC3)CC1)Oc1cccc(F)c1-2. The van der Waals surface area contributed by atoms with Crippen LogP contribution in [0.25, 0.3) is 11.3 Å². The van der Waals surface area contributed by atoms with Gasteiger partial charge in [-0.2, -0.15) is 0 Å². The van der Waals surface area contributed by atoms with Crippen LogP contribution in [0.15, 0.2) is 18.2 Å². The van der Waals surface area contributed by atoms with E-state index in [1.165, 1.54) is 6.07 Å². The number of hydrogen-bond acceptors (Lipinski definition) is 5. The van der Waals surface area contributed by atoms with Gasteiger partial charge in [-0.15, -0.1) is 12.4 Å². The van der Waals surface area contributed by atoms with E-state index in [4.69, 9.17) is 14.5 Å². The number of ether oxygens (including phenoxy) is 2. The van der Waals surface area contributed by atoms with E-state index in [0.29, 0.717) is 55.5 Å². The maximum Gasteiger partial charge on any atom is 0.409 e. The maximum atomic E-state index is 15.1. The van der Waals surface area contributed by atoms with E-state index in [1.807, 2.05) is 13.1 Å². The molecule has 0 radical (unpaired) electrons. The van der Waals surface area contributed by atoms with Crippen LogP contribution in [0.2, 0.25) is 0 Å². The first kappa shape index (κ1) is 25.3. The lowest BCUT2D eigenvalue weighted by atomic mass is 9.83. The Morgan fingerprint density at radius 1 is 1.25 bits per heavy atom. The highest BCUT2D eigenvalue weighted by atomic mass is 35.5. The molecule has 0 bridgehead atoms. The molecule has 1 amide bonds. The number of carbonyl (C=O) groups excluding carboxylic acids is 1. The quantitative estimate of drug-likeness (QED) is 0.610. The third kappa shape index (κ3) is 4.36. The second-order valence-corrected chi connectivity index (χ2v) is 11.4. The lowest BCUT2D eigenvalue weighted by Gasteiger charge is -2.44. The summed E-state index contributed by atoms with van der Waals surface area (Å²) in [5.74, 6) is 2.05. The fraction of sp³-hybridized carbons (Fsp3) is 0.630. The van der Waals surface area contributed by atoms with Crippen molar-refractivity contribution in [1.29, 1.82) is 0 Å². The molecule has 1 saturated carbocycles. The molecule has 4 aliphatic rings. The van der Waals surface area contributed by atoms with Crippen molar-refractivity contribution in [3.63, 3.8) is 0 Å². The highest BCUT2D eigenvalue weighted by molar-refractivity contribution is 5.85.